The van der Waals surface area contributed by atoms with E-state index in [1.807, 2.05) is 36.4 Å². The van der Waals surface area contributed by atoms with Crippen molar-refractivity contribution in [1.29, 1.82) is 0 Å². The van der Waals surface area contributed by atoms with Gasteiger partial charge in [0.15, 0.2) is 0 Å². The molecule has 4 rings (SSSR count). The SMILES string of the molecule is O=C(CN1C(=O)S/C(=C\c2cc(Br)c(OCc3ccc(I)cc3)c(Br)c2)C1=O)N1CCCCC1. The summed E-state index contributed by atoms with van der Waals surface area (Å²) in [5.74, 6) is 0.0333. The third kappa shape index (κ3) is 6.24. The number of hydrogen-bond donors (Lipinski definition) is 0. The first kappa shape index (κ1) is 25.7. The molecule has 0 aliphatic carbocycles. The Morgan fingerprint density at radius 1 is 1.06 bits per heavy atom. The molecule has 0 atom stereocenters. The average Bonchev–Trinajstić information content (AvgIpc) is 3.07. The molecule has 2 heterocycles. The van der Waals surface area contributed by atoms with Crippen LogP contribution in [0.2, 0.25) is 0 Å². The largest absolute Gasteiger partial charge is 0.487 e. The Kier molecular flexibility index (Phi) is 8.76. The number of nitrogens with zero attached hydrogens (tertiary/aromatic N) is 2. The van der Waals surface area contributed by atoms with Gasteiger partial charge in [-0.05, 0) is 127 Å². The van der Waals surface area contributed by atoms with Gasteiger partial charge in [0.05, 0.1) is 13.9 Å². The monoisotopic (exact) mass is 718 g/mol. The highest BCUT2D eigenvalue weighted by Crippen LogP contribution is 2.38. The lowest BCUT2D eigenvalue weighted by Gasteiger charge is -2.27. The number of carbonyl (C=O) groups excluding carboxylic acids is 3. The Labute approximate surface area is 232 Å². The molecule has 34 heavy (non-hydrogen) atoms. The lowest BCUT2D eigenvalue weighted by atomic mass is 10.1. The Balaban J connectivity index is 1.44. The van der Waals surface area contributed by atoms with Gasteiger partial charge in [0.2, 0.25) is 5.91 Å². The predicted octanol–water partition coefficient (Wildman–Crippen LogP) is 6.44. The van der Waals surface area contributed by atoms with Gasteiger partial charge in [-0.25, -0.2) is 0 Å². The van der Waals surface area contributed by atoms with E-state index in [1.54, 1.807) is 11.0 Å². The maximum absolute atomic E-state index is 12.9. The van der Waals surface area contributed by atoms with Gasteiger partial charge >= 0.3 is 0 Å². The number of halogens is 3. The number of benzene rings is 2. The molecular weight excluding hydrogens is 699 g/mol. The number of imide groups is 1. The number of amides is 3. The zero-order chi connectivity index (χ0) is 24.2. The molecule has 0 aromatic heterocycles. The fourth-order valence-electron chi connectivity index (χ4n) is 3.70. The van der Waals surface area contributed by atoms with Crippen LogP contribution in [0.5, 0.6) is 5.75 Å². The quantitative estimate of drug-likeness (QED) is 0.254. The Bertz CT molecular complexity index is 1130. The van der Waals surface area contributed by atoms with Crippen molar-refractivity contribution in [1.82, 2.24) is 9.80 Å². The van der Waals surface area contributed by atoms with Crippen LogP contribution in [0.3, 0.4) is 0 Å². The van der Waals surface area contributed by atoms with Gasteiger partial charge in [0.25, 0.3) is 11.1 Å². The van der Waals surface area contributed by atoms with E-state index < -0.39 is 11.1 Å². The highest BCUT2D eigenvalue weighted by molar-refractivity contribution is 14.1. The van der Waals surface area contributed by atoms with Crippen LogP contribution in [-0.4, -0.2) is 46.5 Å². The minimum Gasteiger partial charge on any atom is -0.487 e. The fraction of sp³-hybridized carbons (Fsp3) is 0.292. The normalized spacial score (nSPS) is 17.6. The molecule has 0 radical (unpaired) electrons. The van der Waals surface area contributed by atoms with E-state index in [1.165, 1.54) is 0 Å². The second-order valence-electron chi connectivity index (χ2n) is 7.94. The fourth-order valence-corrected chi connectivity index (χ4v) is 6.35. The van der Waals surface area contributed by atoms with Gasteiger partial charge in [0.1, 0.15) is 18.9 Å². The van der Waals surface area contributed by atoms with E-state index in [4.69, 9.17) is 4.74 Å². The molecule has 2 aromatic rings. The molecule has 0 spiro atoms. The summed E-state index contributed by atoms with van der Waals surface area (Å²) < 4.78 is 8.58. The average molecular weight is 720 g/mol. The topological polar surface area (TPSA) is 66.9 Å². The van der Waals surface area contributed by atoms with Crippen molar-refractivity contribution in [3.05, 3.63) is 64.9 Å². The number of thioether (sulfide) groups is 1. The van der Waals surface area contributed by atoms with Gasteiger partial charge in [-0.2, -0.15) is 0 Å². The van der Waals surface area contributed by atoms with Crippen LogP contribution < -0.4 is 4.74 Å². The van der Waals surface area contributed by atoms with Crippen molar-refractivity contribution in [2.75, 3.05) is 19.6 Å². The molecule has 0 bridgehead atoms. The summed E-state index contributed by atoms with van der Waals surface area (Å²) in [7, 11) is 0. The molecular formula is C24H21Br2IN2O4S. The summed E-state index contributed by atoms with van der Waals surface area (Å²) in [5.41, 5.74) is 1.78. The Morgan fingerprint density at radius 2 is 1.71 bits per heavy atom. The number of carbonyl (C=O) groups is 3. The molecule has 10 heteroatoms. The lowest BCUT2D eigenvalue weighted by Crippen LogP contribution is -2.44. The second-order valence-corrected chi connectivity index (χ2v) is 11.9. The van der Waals surface area contributed by atoms with Crippen molar-refractivity contribution in [3.63, 3.8) is 0 Å². The van der Waals surface area contributed by atoms with E-state index in [0.717, 1.165) is 59.6 Å². The lowest BCUT2D eigenvalue weighted by molar-refractivity contribution is -0.136. The van der Waals surface area contributed by atoms with Crippen LogP contribution in [0.15, 0.2) is 50.2 Å². The van der Waals surface area contributed by atoms with E-state index in [2.05, 4.69) is 54.5 Å². The van der Waals surface area contributed by atoms with Crippen molar-refractivity contribution >= 4 is 89.3 Å². The highest BCUT2D eigenvalue weighted by atomic mass is 127. The molecule has 0 N–H and O–H groups in total. The molecule has 2 aliphatic rings. The van der Waals surface area contributed by atoms with Crippen molar-refractivity contribution in [2.45, 2.75) is 25.9 Å². The summed E-state index contributed by atoms with van der Waals surface area (Å²) in [4.78, 5) is 40.9. The van der Waals surface area contributed by atoms with Gasteiger partial charge in [-0.1, -0.05) is 12.1 Å². The van der Waals surface area contributed by atoms with Crippen LogP contribution in [-0.2, 0) is 16.2 Å². The van der Waals surface area contributed by atoms with E-state index in [-0.39, 0.29) is 12.5 Å². The first-order valence-electron chi connectivity index (χ1n) is 10.7. The maximum Gasteiger partial charge on any atom is 0.294 e. The van der Waals surface area contributed by atoms with Crippen LogP contribution in [0.1, 0.15) is 30.4 Å². The molecule has 6 nitrogen and oxygen atoms in total. The predicted molar refractivity (Wildman–Crippen MR) is 148 cm³/mol. The molecule has 178 valence electrons. The number of ether oxygens (including phenoxy) is 1. The molecule has 2 saturated heterocycles. The van der Waals surface area contributed by atoms with Gasteiger partial charge in [-0.15, -0.1) is 0 Å². The molecule has 2 aromatic carbocycles. The second kappa shape index (κ2) is 11.6. The van der Waals surface area contributed by atoms with Crippen LogP contribution in [0, 0.1) is 3.57 Å². The van der Waals surface area contributed by atoms with Crippen LogP contribution in [0.25, 0.3) is 6.08 Å². The summed E-state index contributed by atoms with van der Waals surface area (Å²) in [6.45, 7) is 1.58. The number of piperidine rings is 1. The first-order chi connectivity index (χ1) is 16.3. The van der Waals surface area contributed by atoms with E-state index in [0.29, 0.717) is 30.4 Å². The smallest absolute Gasteiger partial charge is 0.294 e. The number of hydrogen-bond acceptors (Lipinski definition) is 5. The minimum absolute atomic E-state index is 0.177. The highest BCUT2D eigenvalue weighted by Gasteiger charge is 2.37. The van der Waals surface area contributed by atoms with Gasteiger partial charge in [-0.3, -0.25) is 19.3 Å². The summed E-state index contributed by atoms with van der Waals surface area (Å²) in [6, 6.07) is 11.8. The summed E-state index contributed by atoms with van der Waals surface area (Å²) in [5, 5.41) is -0.419. The maximum atomic E-state index is 12.9. The third-order valence-corrected chi connectivity index (χ3v) is 8.30. The first-order valence-corrected chi connectivity index (χ1v) is 14.2. The number of rotatable bonds is 6. The Morgan fingerprint density at radius 3 is 2.35 bits per heavy atom. The van der Waals surface area contributed by atoms with Gasteiger partial charge < -0.3 is 9.64 Å². The summed E-state index contributed by atoms with van der Waals surface area (Å²) >= 11 is 10.2. The van der Waals surface area contributed by atoms with Crippen molar-refractivity contribution in [2.24, 2.45) is 0 Å². The zero-order valence-corrected chi connectivity index (χ0v) is 24.2. The molecule has 2 aliphatic heterocycles. The number of likely N-dealkylation sites (tertiary alicyclic amines) is 1. The molecule has 0 unspecified atom stereocenters. The van der Waals surface area contributed by atoms with Crippen molar-refractivity contribution < 1.29 is 19.1 Å². The third-order valence-electron chi connectivity index (χ3n) is 5.49. The summed E-state index contributed by atoms with van der Waals surface area (Å²) in [6.07, 6.45) is 4.69. The van der Waals surface area contributed by atoms with E-state index in [9.17, 15) is 14.4 Å². The molecule has 3 amide bonds. The van der Waals surface area contributed by atoms with Gasteiger partial charge in [0, 0.05) is 16.7 Å². The minimum atomic E-state index is -0.438. The standard InChI is InChI=1S/C24H21Br2IN2O4S/c25-18-10-16(11-19(26)22(18)33-14-15-4-6-17(27)7-5-15)12-20-23(31)29(24(32)34-20)13-21(30)28-8-2-1-3-9-28/h4-7,10-12H,1-3,8-9,13-14H2/b20-12-. The van der Waals surface area contributed by atoms with Crippen LogP contribution in [0.4, 0.5) is 4.79 Å². The Hall–Kier alpha value is -1.37. The molecule has 2 fully saturated rings. The van der Waals surface area contributed by atoms with Crippen LogP contribution >= 0.6 is 66.2 Å². The zero-order valence-electron chi connectivity index (χ0n) is 18.1. The van der Waals surface area contributed by atoms with Crippen molar-refractivity contribution in [3.8, 4) is 5.75 Å². The molecule has 0 saturated carbocycles. The van der Waals surface area contributed by atoms with E-state index >= 15 is 0 Å².